The Hall–Kier alpha value is -2.51. The predicted molar refractivity (Wildman–Crippen MR) is 128 cm³/mol. The second-order valence-corrected chi connectivity index (χ2v) is 11.9. The normalized spacial score (nSPS) is 14.0. The summed E-state index contributed by atoms with van der Waals surface area (Å²) in [6.07, 6.45) is 1.43. The second-order valence-electron chi connectivity index (χ2n) is 7.86. The summed E-state index contributed by atoms with van der Waals surface area (Å²) in [7, 11) is 0. The van der Waals surface area contributed by atoms with E-state index >= 15 is 0 Å². The molecular formula is C27H25AsClN2. The number of benzene rings is 3. The van der Waals surface area contributed by atoms with Crippen LogP contribution in [-0.4, -0.2) is 15.8 Å². The molecule has 3 rings (SSSR count). The summed E-state index contributed by atoms with van der Waals surface area (Å²) < 4.78 is 0.697. The second kappa shape index (κ2) is 11.2. The third kappa shape index (κ3) is 6.48. The third-order valence-electron chi connectivity index (χ3n) is 5.52. The van der Waals surface area contributed by atoms with Gasteiger partial charge in [0, 0.05) is 0 Å². The van der Waals surface area contributed by atoms with Crippen LogP contribution in [0.4, 0.5) is 0 Å². The fourth-order valence-corrected chi connectivity index (χ4v) is 7.31. The van der Waals surface area contributed by atoms with Crippen molar-refractivity contribution in [1.82, 2.24) is 0 Å². The van der Waals surface area contributed by atoms with Crippen LogP contribution in [0.5, 0.6) is 0 Å². The number of nitrogens with zero attached hydrogens (tertiary/aromatic N) is 2. The van der Waals surface area contributed by atoms with E-state index in [0.717, 1.165) is 11.4 Å². The first-order valence-electron chi connectivity index (χ1n) is 10.4. The number of halogens is 1. The SMILES string of the molecule is Cc1cccc([C@H](CC#N)[As][C@@H](C)C(Cc2ccc(Cl)cc2)c2cccc(C#N)c2)c1. The van der Waals surface area contributed by atoms with Gasteiger partial charge in [-0.05, 0) is 0 Å². The van der Waals surface area contributed by atoms with Crippen molar-refractivity contribution in [2.45, 2.75) is 42.0 Å². The van der Waals surface area contributed by atoms with Crippen molar-refractivity contribution < 1.29 is 0 Å². The van der Waals surface area contributed by atoms with Crippen LogP contribution in [-0.2, 0) is 6.42 Å². The first-order valence-corrected chi connectivity index (χ1v) is 12.9. The minimum absolute atomic E-state index is 0.137. The zero-order chi connectivity index (χ0) is 22.2. The van der Waals surface area contributed by atoms with Crippen LogP contribution in [0.1, 0.15) is 51.8 Å². The molecule has 0 bridgehead atoms. The van der Waals surface area contributed by atoms with Gasteiger partial charge in [-0.25, -0.2) is 0 Å². The summed E-state index contributed by atoms with van der Waals surface area (Å²) in [5, 5.41) is 19.6. The van der Waals surface area contributed by atoms with Gasteiger partial charge < -0.3 is 0 Å². The Balaban J connectivity index is 1.91. The van der Waals surface area contributed by atoms with Gasteiger partial charge in [-0.3, -0.25) is 0 Å². The van der Waals surface area contributed by atoms with Crippen molar-refractivity contribution in [3.8, 4) is 12.1 Å². The van der Waals surface area contributed by atoms with E-state index in [1.807, 2.05) is 30.3 Å². The molecule has 1 radical (unpaired) electrons. The summed E-state index contributed by atoms with van der Waals surface area (Å²) >= 11 is 5.95. The van der Waals surface area contributed by atoms with Gasteiger partial charge in [0.2, 0.25) is 0 Å². The molecule has 4 heteroatoms. The van der Waals surface area contributed by atoms with Crippen LogP contribution < -0.4 is 0 Å². The summed E-state index contributed by atoms with van der Waals surface area (Å²) in [6, 6.07) is 29.2. The topological polar surface area (TPSA) is 47.6 Å². The zero-order valence-corrected chi connectivity index (χ0v) is 20.4. The summed E-state index contributed by atoms with van der Waals surface area (Å²) in [5.74, 6) is 0.278. The van der Waals surface area contributed by atoms with E-state index < -0.39 is 0 Å². The van der Waals surface area contributed by atoms with E-state index in [4.69, 9.17) is 11.6 Å². The fraction of sp³-hybridized carbons (Fsp3) is 0.259. The first-order chi connectivity index (χ1) is 15.0. The molecule has 0 aliphatic rings. The molecule has 0 aromatic heterocycles. The summed E-state index contributed by atoms with van der Waals surface area (Å²) in [6.45, 7) is 4.41. The molecule has 0 spiro atoms. The molecule has 0 saturated carbocycles. The molecule has 155 valence electrons. The Kier molecular flexibility index (Phi) is 8.37. The molecule has 31 heavy (non-hydrogen) atoms. The van der Waals surface area contributed by atoms with Crippen LogP contribution >= 0.6 is 11.6 Å². The van der Waals surface area contributed by atoms with Gasteiger partial charge in [0.1, 0.15) is 0 Å². The third-order valence-corrected chi connectivity index (χ3v) is 9.28. The van der Waals surface area contributed by atoms with Gasteiger partial charge in [0.25, 0.3) is 0 Å². The molecule has 0 N–H and O–H groups in total. The molecule has 0 aliphatic heterocycles. The molecule has 3 aromatic carbocycles. The molecule has 0 amide bonds. The van der Waals surface area contributed by atoms with Crippen LogP contribution in [0.15, 0.2) is 72.8 Å². The van der Waals surface area contributed by atoms with Crippen molar-refractivity contribution in [3.05, 3.63) is 106 Å². The van der Waals surface area contributed by atoms with Crippen LogP contribution in [0, 0.1) is 29.6 Å². The van der Waals surface area contributed by atoms with E-state index in [1.165, 1.54) is 22.3 Å². The summed E-state index contributed by atoms with van der Waals surface area (Å²) in [5.41, 5.74) is 5.61. The molecule has 2 nitrogen and oxygen atoms in total. The van der Waals surface area contributed by atoms with Crippen molar-refractivity contribution in [3.63, 3.8) is 0 Å². The number of nitriles is 2. The Labute approximate surface area is 197 Å². The maximum absolute atomic E-state index is 9.48. The van der Waals surface area contributed by atoms with E-state index in [-0.39, 0.29) is 26.4 Å². The van der Waals surface area contributed by atoms with Crippen molar-refractivity contribution >= 4 is 27.4 Å². The van der Waals surface area contributed by atoms with E-state index in [2.05, 4.69) is 68.5 Å². The maximum atomic E-state index is 9.48. The van der Waals surface area contributed by atoms with Gasteiger partial charge in [-0.15, -0.1) is 0 Å². The Morgan fingerprint density at radius 2 is 1.65 bits per heavy atom. The molecule has 3 atom stereocenters. The fourth-order valence-electron chi connectivity index (χ4n) is 3.89. The number of hydrogen-bond acceptors (Lipinski definition) is 2. The quantitative estimate of drug-likeness (QED) is 0.321. The Bertz CT molecular complexity index is 1100. The average Bonchev–Trinajstić information content (AvgIpc) is 2.78. The summed E-state index contributed by atoms with van der Waals surface area (Å²) in [4.78, 5) is 0. The van der Waals surface area contributed by atoms with Crippen LogP contribution in [0.2, 0.25) is 9.73 Å². The van der Waals surface area contributed by atoms with Gasteiger partial charge in [-0.1, -0.05) is 0 Å². The molecular weight excluding hydrogens is 463 g/mol. The van der Waals surface area contributed by atoms with Crippen molar-refractivity contribution in [1.29, 1.82) is 10.5 Å². The minimum atomic E-state index is -0.137. The first kappa shape index (κ1) is 23.2. The molecule has 0 aliphatic carbocycles. The van der Waals surface area contributed by atoms with E-state index in [1.54, 1.807) is 0 Å². The average molecular weight is 488 g/mol. The number of rotatable bonds is 8. The number of aryl methyl sites for hydroxylation is 1. The standard InChI is InChI=1S/C27H25AsClN2/c1-19-5-3-8-24(15-19)27(13-14-30)28-20(2)26(17-21-9-11-25(29)12-10-21)23-7-4-6-22(16-23)18-31/h3-12,15-16,20,26-27H,13,17H2,1-2H3/t20-,26?,27-/m0/s1. The molecule has 1 unspecified atom stereocenters. The zero-order valence-electron chi connectivity index (χ0n) is 17.8. The monoisotopic (exact) mass is 487 g/mol. The van der Waals surface area contributed by atoms with Gasteiger partial charge >= 0.3 is 198 Å². The van der Waals surface area contributed by atoms with Crippen molar-refractivity contribution in [2.24, 2.45) is 0 Å². The molecule has 0 saturated heterocycles. The molecule has 0 heterocycles. The van der Waals surface area contributed by atoms with Gasteiger partial charge in [0.05, 0.1) is 0 Å². The van der Waals surface area contributed by atoms with Gasteiger partial charge in [0.15, 0.2) is 0 Å². The number of hydrogen-bond donors (Lipinski definition) is 0. The predicted octanol–water partition coefficient (Wildman–Crippen LogP) is 7.01. The van der Waals surface area contributed by atoms with Crippen LogP contribution in [0.3, 0.4) is 0 Å². The Morgan fingerprint density at radius 1 is 0.935 bits per heavy atom. The molecule has 0 fully saturated rings. The van der Waals surface area contributed by atoms with Gasteiger partial charge in [-0.2, -0.15) is 0 Å². The van der Waals surface area contributed by atoms with E-state index in [0.29, 0.717) is 16.7 Å². The molecule has 3 aromatic rings. The Morgan fingerprint density at radius 3 is 2.32 bits per heavy atom. The van der Waals surface area contributed by atoms with Crippen molar-refractivity contribution in [2.75, 3.05) is 0 Å². The van der Waals surface area contributed by atoms with Crippen LogP contribution in [0.25, 0.3) is 0 Å². The van der Waals surface area contributed by atoms with E-state index in [9.17, 15) is 10.5 Å².